The van der Waals surface area contributed by atoms with Crippen LogP contribution in [0.5, 0.6) is 0 Å². The van der Waals surface area contributed by atoms with E-state index in [-0.39, 0.29) is 0 Å². The van der Waals surface area contributed by atoms with Crippen LogP contribution in [0.3, 0.4) is 0 Å². The predicted molar refractivity (Wildman–Crippen MR) is 72.7 cm³/mol. The van der Waals surface area contributed by atoms with Crippen LogP contribution < -0.4 is 4.90 Å². The van der Waals surface area contributed by atoms with E-state index in [2.05, 4.69) is 26.0 Å². The first kappa shape index (κ1) is 13.9. The number of nitrogens with zero attached hydrogens (tertiary/aromatic N) is 4. The molecule has 0 atom stereocenters. The number of rotatable bonds is 3. The predicted octanol–water partition coefficient (Wildman–Crippen LogP) is 3.26. The molecular formula is C11H10BrF3N4S. The van der Waals surface area contributed by atoms with Crippen LogP contribution in [0.1, 0.15) is 5.69 Å². The maximum absolute atomic E-state index is 12.5. The number of thiazole rings is 1. The average Bonchev–Trinajstić information content (AvgIpc) is 2.90. The van der Waals surface area contributed by atoms with Gasteiger partial charge in [-0.2, -0.15) is 18.3 Å². The summed E-state index contributed by atoms with van der Waals surface area (Å²) in [7, 11) is 0. The largest absolute Gasteiger partial charge is 0.434 e. The second-order valence-electron chi connectivity index (χ2n) is 4.66. The molecule has 3 heterocycles. The molecule has 0 unspecified atom stereocenters. The average molecular weight is 367 g/mol. The maximum Gasteiger partial charge on any atom is 0.434 e. The Morgan fingerprint density at radius 2 is 2.15 bits per heavy atom. The molecule has 4 nitrogen and oxygen atoms in total. The Hall–Kier alpha value is -1.09. The molecule has 0 aromatic carbocycles. The molecule has 108 valence electrons. The molecule has 2 aromatic rings. The molecule has 1 saturated heterocycles. The van der Waals surface area contributed by atoms with Crippen molar-refractivity contribution in [1.29, 1.82) is 0 Å². The third kappa shape index (κ3) is 2.83. The van der Waals surface area contributed by atoms with Gasteiger partial charge in [0, 0.05) is 37.1 Å². The van der Waals surface area contributed by atoms with Crippen molar-refractivity contribution in [2.75, 3.05) is 18.0 Å². The standard InChI is InChI=1S/C11H10BrF3N4S/c12-8-1-16-19(5-8)4-7-2-18(3-7)10-17-9(6-20-10)11(13,14)15/h1,5-7H,2-4H2. The molecule has 0 radical (unpaired) electrons. The molecule has 0 amide bonds. The third-order valence-electron chi connectivity index (χ3n) is 3.06. The minimum Gasteiger partial charge on any atom is -0.347 e. The molecule has 3 rings (SSSR count). The lowest BCUT2D eigenvalue weighted by Crippen LogP contribution is -2.48. The van der Waals surface area contributed by atoms with Crippen molar-refractivity contribution in [2.45, 2.75) is 12.7 Å². The minimum absolute atomic E-state index is 0.389. The lowest BCUT2D eigenvalue weighted by molar-refractivity contribution is -0.140. The number of hydrogen-bond acceptors (Lipinski definition) is 4. The summed E-state index contributed by atoms with van der Waals surface area (Å²) in [5.41, 5.74) is -0.808. The summed E-state index contributed by atoms with van der Waals surface area (Å²) in [4.78, 5) is 5.50. The molecule has 20 heavy (non-hydrogen) atoms. The monoisotopic (exact) mass is 366 g/mol. The molecule has 1 fully saturated rings. The summed E-state index contributed by atoms with van der Waals surface area (Å²) in [6.07, 6.45) is -0.763. The topological polar surface area (TPSA) is 34.0 Å². The summed E-state index contributed by atoms with van der Waals surface area (Å²) in [6, 6.07) is 0. The molecule has 0 N–H and O–H groups in total. The van der Waals surface area contributed by atoms with E-state index in [4.69, 9.17) is 0 Å². The van der Waals surface area contributed by atoms with Crippen molar-refractivity contribution >= 4 is 32.4 Å². The van der Waals surface area contributed by atoms with Crippen LogP contribution in [0.4, 0.5) is 18.3 Å². The van der Waals surface area contributed by atoms with Crippen LogP contribution in [0.2, 0.25) is 0 Å². The molecular weight excluding hydrogens is 357 g/mol. The van der Waals surface area contributed by atoms with Gasteiger partial charge in [0.25, 0.3) is 0 Å². The number of halogens is 4. The zero-order valence-electron chi connectivity index (χ0n) is 10.1. The first-order chi connectivity index (χ1) is 9.41. The van der Waals surface area contributed by atoms with Crippen molar-refractivity contribution in [2.24, 2.45) is 5.92 Å². The Morgan fingerprint density at radius 3 is 2.70 bits per heavy atom. The number of alkyl halides is 3. The Balaban J connectivity index is 1.56. The van der Waals surface area contributed by atoms with Gasteiger partial charge >= 0.3 is 6.18 Å². The summed E-state index contributed by atoms with van der Waals surface area (Å²) in [6.45, 7) is 2.18. The minimum atomic E-state index is -4.36. The van der Waals surface area contributed by atoms with Crippen LogP contribution in [-0.4, -0.2) is 27.9 Å². The molecule has 0 saturated carbocycles. The second-order valence-corrected chi connectivity index (χ2v) is 6.42. The number of aromatic nitrogens is 3. The third-order valence-corrected chi connectivity index (χ3v) is 4.37. The SMILES string of the molecule is FC(F)(F)c1csc(N2CC(Cn3cc(Br)cn3)C2)n1. The van der Waals surface area contributed by atoms with Crippen LogP contribution in [0, 0.1) is 5.92 Å². The highest BCUT2D eigenvalue weighted by Gasteiger charge is 2.36. The Labute approximate surface area is 125 Å². The van der Waals surface area contributed by atoms with Crippen molar-refractivity contribution in [3.05, 3.63) is 27.9 Å². The Morgan fingerprint density at radius 1 is 1.40 bits per heavy atom. The zero-order chi connectivity index (χ0) is 14.3. The number of hydrogen-bond donors (Lipinski definition) is 0. The van der Waals surface area contributed by atoms with E-state index >= 15 is 0 Å². The van der Waals surface area contributed by atoms with E-state index in [1.54, 1.807) is 6.20 Å². The number of anilines is 1. The van der Waals surface area contributed by atoms with E-state index in [0.29, 0.717) is 24.1 Å². The molecule has 0 bridgehead atoms. The van der Waals surface area contributed by atoms with Gasteiger partial charge in [-0.15, -0.1) is 11.3 Å². The summed E-state index contributed by atoms with van der Waals surface area (Å²) < 4.78 is 40.1. The van der Waals surface area contributed by atoms with Crippen molar-refractivity contribution in [3.8, 4) is 0 Å². The van der Waals surface area contributed by atoms with Gasteiger partial charge in [0.2, 0.25) is 0 Å². The van der Waals surface area contributed by atoms with Gasteiger partial charge < -0.3 is 4.90 Å². The van der Waals surface area contributed by atoms with Crippen LogP contribution in [0.15, 0.2) is 22.2 Å². The van der Waals surface area contributed by atoms with Crippen LogP contribution in [0.25, 0.3) is 0 Å². The van der Waals surface area contributed by atoms with Gasteiger partial charge in [0.1, 0.15) is 0 Å². The lowest BCUT2D eigenvalue weighted by atomic mass is 10.0. The van der Waals surface area contributed by atoms with Crippen molar-refractivity contribution in [3.63, 3.8) is 0 Å². The highest BCUT2D eigenvalue weighted by molar-refractivity contribution is 9.10. The van der Waals surface area contributed by atoms with E-state index in [9.17, 15) is 13.2 Å². The fourth-order valence-electron chi connectivity index (χ4n) is 2.08. The van der Waals surface area contributed by atoms with Gasteiger partial charge in [-0.1, -0.05) is 0 Å². The van der Waals surface area contributed by atoms with Crippen LogP contribution >= 0.6 is 27.3 Å². The molecule has 1 aliphatic heterocycles. The van der Waals surface area contributed by atoms with E-state index in [0.717, 1.165) is 27.7 Å². The molecule has 0 aliphatic carbocycles. The molecule has 9 heteroatoms. The summed E-state index contributed by atoms with van der Waals surface area (Å²) >= 11 is 4.36. The van der Waals surface area contributed by atoms with Gasteiger partial charge in [-0.05, 0) is 15.9 Å². The van der Waals surface area contributed by atoms with Crippen molar-refractivity contribution in [1.82, 2.24) is 14.8 Å². The molecule has 2 aromatic heterocycles. The van der Waals surface area contributed by atoms with Gasteiger partial charge in [0.05, 0.1) is 10.7 Å². The zero-order valence-corrected chi connectivity index (χ0v) is 12.5. The first-order valence-corrected chi connectivity index (χ1v) is 7.55. The van der Waals surface area contributed by atoms with E-state index in [1.807, 2.05) is 15.8 Å². The maximum atomic E-state index is 12.5. The normalized spacial score (nSPS) is 16.5. The fourth-order valence-corrected chi connectivity index (χ4v) is 3.26. The summed E-state index contributed by atoms with van der Waals surface area (Å²) in [5.74, 6) is 0.389. The fraction of sp³-hybridized carbons (Fsp3) is 0.455. The second kappa shape index (κ2) is 5.03. The quantitative estimate of drug-likeness (QED) is 0.835. The highest BCUT2D eigenvalue weighted by atomic mass is 79.9. The Kier molecular flexibility index (Phi) is 3.49. The molecule has 1 aliphatic rings. The van der Waals surface area contributed by atoms with Gasteiger partial charge in [-0.3, -0.25) is 4.68 Å². The van der Waals surface area contributed by atoms with Gasteiger partial charge in [0.15, 0.2) is 10.8 Å². The first-order valence-electron chi connectivity index (χ1n) is 5.87. The summed E-state index contributed by atoms with van der Waals surface area (Å²) in [5, 5.41) is 5.66. The van der Waals surface area contributed by atoms with Crippen LogP contribution in [-0.2, 0) is 12.7 Å². The highest BCUT2D eigenvalue weighted by Crippen LogP contribution is 2.35. The van der Waals surface area contributed by atoms with E-state index in [1.165, 1.54) is 0 Å². The smallest absolute Gasteiger partial charge is 0.347 e. The Bertz CT molecular complexity index is 603. The molecule has 0 spiro atoms. The van der Waals surface area contributed by atoms with Crippen molar-refractivity contribution < 1.29 is 13.2 Å². The van der Waals surface area contributed by atoms with E-state index < -0.39 is 11.9 Å². The lowest BCUT2D eigenvalue weighted by Gasteiger charge is -2.39. The van der Waals surface area contributed by atoms with Gasteiger partial charge in [-0.25, -0.2) is 4.98 Å².